The number of rotatable bonds is 22. The molecule has 10 heteroatoms. The number of ether oxygens (including phenoxy) is 4. The molecule has 0 aromatic heterocycles. The number of carbonyl (C=O) groups is 4. The molecule has 0 spiro atoms. The first kappa shape index (κ1) is 65.5. The van der Waals surface area contributed by atoms with Gasteiger partial charge in [-0.3, -0.25) is 19.2 Å². The van der Waals surface area contributed by atoms with Gasteiger partial charge in [0.1, 0.15) is 46.0 Å². The number of anilines is 2. The minimum Gasteiger partial charge on any atom is -0.457 e. The van der Waals surface area contributed by atoms with E-state index >= 15 is 19.2 Å². The van der Waals surface area contributed by atoms with Crippen LogP contribution in [0.5, 0.6) is 46.0 Å². The molecule has 10 nitrogen and oxygen atoms in total. The van der Waals surface area contributed by atoms with Crippen LogP contribution in [-0.2, 0) is 25.7 Å². The van der Waals surface area contributed by atoms with Crippen molar-refractivity contribution in [2.75, 3.05) is 9.80 Å². The maximum absolute atomic E-state index is 16.8. The Labute approximate surface area is 598 Å². The summed E-state index contributed by atoms with van der Waals surface area (Å²) in [5.41, 5.74) is 6.51. The van der Waals surface area contributed by atoms with Crippen LogP contribution in [0.25, 0.3) is 43.1 Å². The summed E-state index contributed by atoms with van der Waals surface area (Å²) in [6, 6.07) is 58.4. The number of benzene rings is 11. The second-order valence-electron chi connectivity index (χ2n) is 30.3. The number of amides is 4. The first-order valence-corrected chi connectivity index (χ1v) is 38.5. The van der Waals surface area contributed by atoms with Crippen molar-refractivity contribution < 1.29 is 38.1 Å². The van der Waals surface area contributed by atoms with Crippen LogP contribution in [0.3, 0.4) is 0 Å². The molecular weight excluding hydrogens is 1260 g/mol. The maximum atomic E-state index is 16.8. The van der Waals surface area contributed by atoms with E-state index in [1.165, 1.54) is 138 Å². The Morgan fingerprint density at radius 2 is 0.480 bits per heavy atom. The van der Waals surface area contributed by atoms with E-state index in [0.29, 0.717) is 124 Å². The number of hydrogen-bond donors (Lipinski definition) is 0. The number of carbonyl (C=O) groups excluding carboxylic acids is 4. The molecule has 4 saturated carbocycles. The largest absolute Gasteiger partial charge is 0.457 e. The number of hydrogen-bond acceptors (Lipinski definition) is 8. The number of imide groups is 2. The van der Waals surface area contributed by atoms with Crippen molar-refractivity contribution in [2.45, 2.75) is 180 Å². The SMILES string of the molecule is O=C1c2cc(Oc3ccccc3)c3c4c(Oc5ccccc5)cc5c6c(cc(Oc7ccccc7)c(c7c(Oc8ccccc8)cc(c2c37)C(=O)N1c1c(CCC2CCCCC2)cccc1CCC1CCCCC1)c64)C(=O)N(c1c(CCC2CCCCC2)cccc1CCC1CCCCC1)C5=O. The van der Waals surface area contributed by atoms with Crippen LogP contribution in [-0.4, -0.2) is 23.6 Å². The van der Waals surface area contributed by atoms with Gasteiger partial charge in [-0.1, -0.05) is 238 Å². The molecule has 102 heavy (non-hydrogen) atoms. The molecule has 2 heterocycles. The standard InChI is InChI=1S/C92H90N2O8/c95-89-71-55-75(99-67-39-17-5-18-40-67)81-83-77(101-69-43-21-7-22-44-69)57-73-80-74(92(98)94(91(73)97)88-65(53-49-61-31-13-3-14-32-61)37-26-38-66(88)54-50-62-33-15-4-16-34-62)58-78(102-70-45-23-8-24-46-70)84(86(80)83)82-76(100-68-41-19-6-20-42-68)56-72(79(71)85(81)82)90(96)93(89)87-63(51-47-59-27-9-1-10-28-59)35-25-36-64(87)52-48-60-29-11-2-12-30-60/h5-8,17-26,35-46,55-62H,1-4,9-16,27-34,47-54H2. The van der Waals surface area contributed by atoms with Gasteiger partial charge in [-0.05, 0) is 170 Å². The van der Waals surface area contributed by atoms with Crippen molar-refractivity contribution in [1.29, 1.82) is 0 Å². The Balaban J connectivity index is 0.951. The smallest absolute Gasteiger partial charge is 0.266 e. The Hall–Kier alpha value is -9.80. The van der Waals surface area contributed by atoms with Gasteiger partial charge in [0.25, 0.3) is 23.6 Å². The summed E-state index contributed by atoms with van der Waals surface area (Å²) in [6.45, 7) is 0. The Morgan fingerprint density at radius 1 is 0.255 bits per heavy atom. The van der Waals surface area contributed by atoms with Crippen molar-refractivity contribution >= 4 is 78.1 Å². The number of nitrogens with zero attached hydrogens (tertiary/aromatic N) is 2. The molecule has 11 aromatic carbocycles. The fourth-order valence-corrected chi connectivity index (χ4v) is 18.7. The van der Waals surface area contributed by atoms with E-state index < -0.39 is 23.6 Å². The zero-order valence-corrected chi connectivity index (χ0v) is 58.6. The minimum atomic E-state index is -0.449. The second-order valence-corrected chi connectivity index (χ2v) is 30.3. The Bertz CT molecular complexity index is 4340. The summed E-state index contributed by atoms with van der Waals surface area (Å²) >= 11 is 0. The van der Waals surface area contributed by atoms with E-state index in [2.05, 4.69) is 36.4 Å². The molecule has 0 unspecified atom stereocenters. The summed E-state index contributed by atoms with van der Waals surface area (Å²) in [5.74, 6) is 3.70. The van der Waals surface area contributed by atoms with Crippen LogP contribution in [0.15, 0.2) is 182 Å². The molecule has 2 aliphatic heterocycles. The molecule has 0 atom stereocenters. The van der Waals surface area contributed by atoms with Crippen LogP contribution >= 0.6 is 0 Å². The normalized spacial score (nSPS) is 17.2. The summed E-state index contributed by atoms with van der Waals surface area (Å²) in [6.07, 6.45) is 31.1. The first-order valence-electron chi connectivity index (χ1n) is 38.5. The molecule has 0 saturated heterocycles. The highest BCUT2D eigenvalue weighted by Crippen LogP contribution is 2.59. The number of fused-ring (bicyclic) bond motifs is 2. The summed E-state index contributed by atoms with van der Waals surface area (Å²) in [4.78, 5) is 70.3. The van der Waals surface area contributed by atoms with Gasteiger partial charge in [0.05, 0.1) is 33.6 Å². The van der Waals surface area contributed by atoms with E-state index in [0.717, 1.165) is 73.6 Å². The van der Waals surface area contributed by atoms with Crippen molar-refractivity contribution in [3.63, 3.8) is 0 Å². The van der Waals surface area contributed by atoms with Crippen LogP contribution in [0.2, 0.25) is 0 Å². The van der Waals surface area contributed by atoms with E-state index in [1.807, 2.05) is 146 Å². The lowest BCUT2D eigenvalue weighted by Gasteiger charge is -2.34. The Kier molecular flexibility index (Phi) is 18.6. The van der Waals surface area contributed by atoms with Gasteiger partial charge in [0.15, 0.2) is 0 Å². The molecule has 4 aliphatic carbocycles. The van der Waals surface area contributed by atoms with Gasteiger partial charge in [0, 0.05) is 43.1 Å². The summed E-state index contributed by atoms with van der Waals surface area (Å²) in [7, 11) is 0. The lowest BCUT2D eigenvalue weighted by molar-refractivity contribution is 0.0877. The molecule has 4 fully saturated rings. The van der Waals surface area contributed by atoms with Crippen LogP contribution in [0.1, 0.15) is 218 Å². The van der Waals surface area contributed by atoms with Crippen molar-refractivity contribution in [2.24, 2.45) is 23.7 Å². The minimum absolute atomic E-state index is 0.287. The van der Waals surface area contributed by atoms with Crippen LogP contribution in [0, 0.1) is 23.7 Å². The van der Waals surface area contributed by atoms with Crippen LogP contribution < -0.4 is 28.7 Å². The highest BCUT2D eigenvalue weighted by atomic mass is 16.5. The molecular formula is C92H90N2O8. The van der Waals surface area contributed by atoms with Gasteiger partial charge in [0.2, 0.25) is 0 Å². The topological polar surface area (TPSA) is 112 Å². The molecule has 0 radical (unpaired) electrons. The fraction of sp³-hybridized carbons (Fsp3) is 0.348. The molecule has 0 N–H and O–H groups in total. The molecule has 11 aromatic rings. The average molecular weight is 1350 g/mol. The molecule has 4 amide bonds. The van der Waals surface area contributed by atoms with E-state index in [-0.39, 0.29) is 22.3 Å². The van der Waals surface area contributed by atoms with Crippen molar-refractivity contribution in [1.82, 2.24) is 0 Å². The molecule has 6 aliphatic rings. The third kappa shape index (κ3) is 12.6. The lowest BCUT2D eigenvalue weighted by Crippen LogP contribution is -2.42. The summed E-state index contributed by atoms with van der Waals surface area (Å²) < 4.78 is 29.5. The van der Waals surface area contributed by atoms with Crippen LogP contribution in [0.4, 0.5) is 11.4 Å². The van der Waals surface area contributed by atoms with Gasteiger partial charge >= 0.3 is 0 Å². The van der Waals surface area contributed by atoms with Gasteiger partial charge in [-0.2, -0.15) is 0 Å². The number of aryl methyl sites for hydroxylation is 4. The van der Waals surface area contributed by atoms with E-state index in [9.17, 15) is 0 Å². The van der Waals surface area contributed by atoms with Crippen molar-refractivity contribution in [3.8, 4) is 46.0 Å². The van der Waals surface area contributed by atoms with Gasteiger partial charge in [-0.25, -0.2) is 9.80 Å². The molecule has 17 rings (SSSR count). The maximum Gasteiger partial charge on any atom is 0.266 e. The first-order chi connectivity index (χ1) is 50.3. The highest BCUT2D eigenvalue weighted by Gasteiger charge is 2.44. The average Bonchev–Trinajstić information content (AvgIpc) is 0.671. The summed E-state index contributed by atoms with van der Waals surface area (Å²) in [5, 5.41) is 3.84. The number of para-hydroxylation sites is 6. The highest BCUT2D eigenvalue weighted by molar-refractivity contribution is 6.48. The lowest BCUT2D eigenvalue weighted by atomic mass is 9.80. The van der Waals surface area contributed by atoms with Gasteiger partial charge in [-0.15, -0.1) is 0 Å². The molecule has 0 bridgehead atoms. The predicted octanol–water partition coefficient (Wildman–Crippen LogP) is 24.6. The van der Waals surface area contributed by atoms with E-state index in [4.69, 9.17) is 18.9 Å². The van der Waals surface area contributed by atoms with Gasteiger partial charge < -0.3 is 18.9 Å². The fourth-order valence-electron chi connectivity index (χ4n) is 18.7. The second kappa shape index (κ2) is 28.9. The monoisotopic (exact) mass is 1350 g/mol. The third-order valence-electron chi connectivity index (χ3n) is 23.8. The zero-order chi connectivity index (χ0) is 68.6. The van der Waals surface area contributed by atoms with E-state index in [1.54, 1.807) is 0 Å². The zero-order valence-electron chi connectivity index (χ0n) is 58.6. The Morgan fingerprint density at radius 3 is 0.706 bits per heavy atom. The predicted molar refractivity (Wildman–Crippen MR) is 408 cm³/mol. The third-order valence-corrected chi connectivity index (χ3v) is 23.8. The van der Waals surface area contributed by atoms with Crippen molar-refractivity contribution in [3.05, 3.63) is 226 Å². The molecule has 516 valence electrons. The quantitative estimate of drug-likeness (QED) is 0.0375.